The van der Waals surface area contributed by atoms with E-state index in [-0.39, 0.29) is 142 Å². The van der Waals surface area contributed by atoms with Crippen LogP contribution in [0.5, 0.6) is 28.7 Å². The van der Waals surface area contributed by atoms with Crippen molar-refractivity contribution in [1.29, 1.82) is 0 Å². The number of alkyl carbamates (subject to hydrolysis) is 1. The maximum absolute atomic E-state index is 14.3. The number of esters is 4. The number of phenolic OH excluding ortho intramolecular Hbond substituents is 1. The summed E-state index contributed by atoms with van der Waals surface area (Å²) in [5, 5.41) is 33.1. The second-order valence-corrected chi connectivity index (χ2v) is 30.3. The highest BCUT2D eigenvalue weighted by atomic mass is 19.1. The maximum Gasteiger partial charge on any atom is 0.407 e. The van der Waals surface area contributed by atoms with Crippen molar-refractivity contribution < 1.29 is 104 Å². The molecular formula is C86H115F5N8O17. The van der Waals surface area contributed by atoms with Gasteiger partial charge in [-0.1, -0.05) is 30.3 Å². The van der Waals surface area contributed by atoms with Gasteiger partial charge >= 0.3 is 35.9 Å². The molecule has 5 aromatic carbocycles. The number of hydrogen-bond acceptors (Lipinski definition) is 23. The first kappa shape index (κ1) is 91.4. The van der Waals surface area contributed by atoms with E-state index >= 15 is 0 Å². The summed E-state index contributed by atoms with van der Waals surface area (Å²) in [5.41, 5.74) is 9.26. The molecule has 9 N–H and O–H groups in total. The van der Waals surface area contributed by atoms with Crippen LogP contribution in [0.1, 0.15) is 196 Å². The zero-order chi connectivity index (χ0) is 83.7. The van der Waals surface area contributed by atoms with E-state index in [4.69, 9.17) is 58.6 Å². The molecule has 0 saturated heterocycles. The summed E-state index contributed by atoms with van der Waals surface area (Å²) in [5.74, 6) is 0.811. The first-order chi connectivity index (χ1) is 55.8. The number of nitrogens with one attached hydrogen (secondary N) is 5. The maximum atomic E-state index is 14.3. The van der Waals surface area contributed by atoms with Crippen LogP contribution in [0.2, 0.25) is 0 Å². The molecule has 12 rings (SSSR count). The number of carboxylic acid groups (broad SMARTS) is 1. The van der Waals surface area contributed by atoms with Crippen LogP contribution in [-0.2, 0) is 47.7 Å². The zero-order valence-corrected chi connectivity index (χ0v) is 67.5. The summed E-state index contributed by atoms with van der Waals surface area (Å²) in [4.78, 5) is 76.4. The standard InChI is InChI=1S/C21H30FNO5.C19H26FN3O3.C17H22FN3O3.C16H22FNO3.C13H15FO3/c1-5-26-19(24)13-15-11-16(15)14-7-8-18(17(22)12-14)27-10-6-9-23-20(25)28-21(2,3)4;1-2-25-18(24)12-14-10-15(14)13-4-5-17(16(20)11-13)26-9-3-6-21-19-22-7-8-23-19;18-14-9-11(13-8-12(13)10-16(22)23)2-3-15(14)24-7-1-4-19-17-20-5-6-21-17;1-2-20-16(19)10-12-8-13(12)11-4-5-15(14(17)9-11)21-7-3-6-18;1-2-17-13(16)7-9-5-10(9)8-3-4-12(15)11(14)6-8/h7-8,12,15-16H,5-6,9-11,13H2,1-4H3,(H,23,25);4-5,11,14-15H,2-3,6-10,12H2,1H3,(H2,21,22,23);2-3,9,12-13H,1,4-8,10H2,(H,22,23)(H2,19,20,21);4-5,9,12-13H,2-3,6-8,10,18H2,1H3;3-4,6,9-10,15H,2,5,7H2,1H3. The Kier molecular flexibility index (Phi) is 36.7. The van der Waals surface area contributed by atoms with Crippen molar-refractivity contribution >= 4 is 47.9 Å². The number of benzene rings is 5. The average Bonchev–Trinajstić information content (AvgIpc) is 1.67. The smallest absolute Gasteiger partial charge is 0.407 e. The molecule has 116 heavy (non-hydrogen) atoms. The number of hydrogen-bond donors (Lipinski definition) is 8. The summed E-state index contributed by atoms with van der Waals surface area (Å²) >= 11 is 0. The summed E-state index contributed by atoms with van der Waals surface area (Å²) in [6.45, 7) is 21.3. The lowest BCUT2D eigenvalue weighted by atomic mass is 10.1. The molecule has 1 amide bonds. The second-order valence-electron chi connectivity index (χ2n) is 30.3. The molecule has 5 aromatic rings. The lowest BCUT2D eigenvalue weighted by Gasteiger charge is -2.19. The van der Waals surface area contributed by atoms with E-state index in [0.29, 0.717) is 104 Å². The lowest BCUT2D eigenvalue weighted by molar-refractivity contribution is -0.144. The Morgan fingerprint density at radius 3 is 1.03 bits per heavy atom. The molecule has 2 aliphatic heterocycles. The quantitative estimate of drug-likeness (QED) is 0.00787. The van der Waals surface area contributed by atoms with Gasteiger partial charge < -0.3 is 85.2 Å². The zero-order valence-electron chi connectivity index (χ0n) is 67.5. The Labute approximate surface area is 675 Å². The first-order valence-electron chi connectivity index (χ1n) is 40.5. The molecule has 30 heteroatoms. The molecular weight excluding hydrogens is 1510 g/mol. The number of aliphatic imine (C=N–C) groups is 2. The van der Waals surface area contributed by atoms with Crippen molar-refractivity contribution in [3.8, 4) is 28.7 Å². The Morgan fingerprint density at radius 2 is 0.750 bits per heavy atom. The molecule has 5 fully saturated rings. The minimum Gasteiger partial charge on any atom is -0.505 e. The number of phenols is 1. The van der Waals surface area contributed by atoms with Gasteiger partial charge in [0.15, 0.2) is 69.8 Å². The highest BCUT2D eigenvalue weighted by Crippen LogP contribution is 2.54. The van der Waals surface area contributed by atoms with Crippen molar-refractivity contribution in [2.24, 2.45) is 45.3 Å². The van der Waals surface area contributed by atoms with Gasteiger partial charge in [0.1, 0.15) is 5.60 Å². The number of rotatable bonds is 38. The molecule has 0 bridgehead atoms. The predicted molar refractivity (Wildman–Crippen MR) is 426 cm³/mol. The Bertz CT molecular complexity index is 4090. The van der Waals surface area contributed by atoms with Crippen LogP contribution >= 0.6 is 0 Å². The Hall–Kier alpha value is -10.1. The van der Waals surface area contributed by atoms with Gasteiger partial charge in [0.25, 0.3) is 0 Å². The summed E-state index contributed by atoms with van der Waals surface area (Å²) in [6.07, 6.45) is 8.36. The number of nitrogens with zero attached hydrogens (tertiary/aromatic N) is 2. The molecule has 5 aliphatic carbocycles. The number of aromatic hydroxyl groups is 1. The largest absolute Gasteiger partial charge is 0.505 e. The van der Waals surface area contributed by atoms with Crippen LogP contribution in [0.4, 0.5) is 26.7 Å². The third kappa shape index (κ3) is 32.2. The SMILES string of the molecule is CCOC(=O)CC1CC1c1ccc(O)c(F)c1.CCOC(=O)CC1CC1c1ccc(OCCCN)c(F)c1.CCOC(=O)CC1CC1c1ccc(OCCCNC(=O)OC(C)(C)C)c(F)c1.CCOC(=O)CC1CC1c1ccc(OCCCNC2=NCCN2)c(F)c1.O=C(O)CC1CC1c1ccc(OCCCNC2=NCCN2)c(F)c1. The van der Waals surface area contributed by atoms with Gasteiger partial charge in [-0.3, -0.25) is 34.0 Å². The van der Waals surface area contributed by atoms with Crippen molar-refractivity contribution in [2.45, 2.75) is 174 Å². The molecule has 636 valence electrons. The van der Waals surface area contributed by atoms with Crippen molar-refractivity contribution in [3.63, 3.8) is 0 Å². The molecule has 0 spiro atoms. The number of halogens is 5. The van der Waals surface area contributed by atoms with E-state index in [2.05, 4.69) is 36.6 Å². The minimum atomic E-state index is -0.796. The van der Waals surface area contributed by atoms with Gasteiger partial charge in [0.05, 0.1) is 65.9 Å². The van der Waals surface area contributed by atoms with Gasteiger partial charge in [-0.2, -0.15) is 0 Å². The van der Waals surface area contributed by atoms with Crippen LogP contribution in [0.25, 0.3) is 0 Å². The number of carbonyl (C=O) groups is 6. The number of carboxylic acids is 1. The van der Waals surface area contributed by atoms with Crippen LogP contribution < -0.4 is 51.3 Å². The molecule has 5 saturated carbocycles. The van der Waals surface area contributed by atoms with E-state index in [9.17, 15) is 50.7 Å². The van der Waals surface area contributed by atoms with Gasteiger partial charge in [0, 0.05) is 64.8 Å². The normalized spacial score (nSPS) is 20.5. The van der Waals surface area contributed by atoms with Gasteiger partial charge in [-0.05, 0) is 260 Å². The molecule has 2 heterocycles. The van der Waals surface area contributed by atoms with Crippen LogP contribution in [-0.4, -0.2) is 169 Å². The third-order valence-corrected chi connectivity index (χ3v) is 19.9. The number of carbonyl (C=O) groups excluding carboxylic acids is 5. The summed E-state index contributed by atoms with van der Waals surface area (Å²) in [7, 11) is 0. The number of nitrogens with two attached hydrogens (primary N) is 1. The van der Waals surface area contributed by atoms with E-state index in [1.54, 1.807) is 78.8 Å². The third-order valence-electron chi connectivity index (χ3n) is 19.9. The van der Waals surface area contributed by atoms with E-state index in [1.165, 1.54) is 36.4 Å². The topological polar surface area (TPSA) is 337 Å². The summed E-state index contributed by atoms with van der Waals surface area (Å²) < 4.78 is 116. The number of amides is 1. The van der Waals surface area contributed by atoms with Crippen molar-refractivity contribution in [3.05, 3.63) is 148 Å². The van der Waals surface area contributed by atoms with Crippen LogP contribution in [0.3, 0.4) is 0 Å². The lowest BCUT2D eigenvalue weighted by Crippen LogP contribution is -2.34. The minimum absolute atomic E-state index is 0.131. The summed E-state index contributed by atoms with van der Waals surface area (Å²) in [6, 6.07) is 24.4. The van der Waals surface area contributed by atoms with Crippen molar-refractivity contribution in [2.75, 3.05) is 105 Å². The highest BCUT2D eigenvalue weighted by Gasteiger charge is 2.44. The second kappa shape index (κ2) is 46.6. The van der Waals surface area contributed by atoms with E-state index in [1.807, 2.05) is 24.3 Å². The fourth-order valence-electron chi connectivity index (χ4n) is 13.6. The van der Waals surface area contributed by atoms with Crippen LogP contribution in [0, 0.1) is 58.7 Å². The monoisotopic (exact) mass is 1630 g/mol. The van der Waals surface area contributed by atoms with E-state index < -0.39 is 29.3 Å². The first-order valence-corrected chi connectivity index (χ1v) is 40.5. The van der Waals surface area contributed by atoms with Gasteiger partial charge in [-0.25, -0.2) is 26.7 Å². The van der Waals surface area contributed by atoms with Gasteiger partial charge in [0.2, 0.25) is 0 Å². The molecule has 10 atom stereocenters. The Morgan fingerprint density at radius 1 is 0.448 bits per heavy atom. The number of guanidine groups is 2. The predicted octanol–water partition coefficient (Wildman–Crippen LogP) is 13.3. The van der Waals surface area contributed by atoms with Crippen LogP contribution in [0.15, 0.2) is 101 Å². The molecule has 10 unspecified atom stereocenters. The molecule has 0 aromatic heterocycles. The molecule has 0 radical (unpaired) electrons. The van der Waals surface area contributed by atoms with Crippen molar-refractivity contribution in [1.82, 2.24) is 26.6 Å². The van der Waals surface area contributed by atoms with E-state index in [0.717, 1.165) is 117 Å². The number of aliphatic carboxylic acids is 1. The molecule has 7 aliphatic rings. The molecule has 25 nitrogen and oxygen atoms in total. The van der Waals surface area contributed by atoms with Gasteiger partial charge in [-0.15, -0.1) is 0 Å². The fourth-order valence-corrected chi connectivity index (χ4v) is 13.6. The fraction of sp³-hybridized carbons (Fsp3) is 0.558. The number of ether oxygens (including phenoxy) is 9. The Balaban J connectivity index is 0.000000183. The highest BCUT2D eigenvalue weighted by molar-refractivity contribution is 5.81. The average molecular weight is 1630 g/mol.